The molecular weight excluding hydrogens is 259 g/mol. The summed E-state index contributed by atoms with van der Waals surface area (Å²) in [4.78, 5) is 0. The molecule has 0 radical (unpaired) electrons. The topological polar surface area (TPSA) is 0 Å². The Morgan fingerprint density at radius 2 is 1.67 bits per heavy atom. The summed E-state index contributed by atoms with van der Waals surface area (Å²) in [6.07, 6.45) is 10.0. The van der Waals surface area contributed by atoms with E-state index in [2.05, 4.69) is 12.2 Å². The maximum Gasteiger partial charge on any atom is 3.00 e. The van der Waals surface area contributed by atoms with Gasteiger partial charge in [-0.2, -0.15) is 6.08 Å². The molecule has 9 heavy (non-hydrogen) atoms. The molecule has 0 heterocycles. The van der Waals surface area contributed by atoms with Gasteiger partial charge in [-0.05, 0) is 0 Å². The fraction of sp³-hybridized carbons (Fsp3) is 0.200. The van der Waals surface area contributed by atoms with Crippen LogP contribution in [0.15, 0.2) is 18.2 Å². The third kappa shape index (κ3) is 12.3. The molecule has 52 valence electrons. The number of rotatable bonds is 0. The Bertz CT molecular complexity index is 70.3. The first-order chi connectivity index (χ1) is 2.50. The van der Waals surface area contributed by atoms with Crippen molar-refractivity contribution in [3.8, 4) is 0 Å². The van der Waals surface area contributed by atoms with E-state index >= 15 is 0 Å². The molecule has 1 rings (SSSR count). The van der Waals surface area contributed by atoms with Crippen molar-refractivity contribution in [2.75, 3.05) is 0 Å². The first-order valence-electron chi connectivity index (χ1n) is 1.72. The number of hydrogen-bond donors (Lipinski definition) is 0. The molecule has 0 fully saturated rings. The van der Waals surface area contributed by atoms with Crippen molar-refractivity contribution in [2.24, 2.45) is 0 Å². The minimum atomic E-state index is 0. The Morgan fingerprint density at radius 3 is 1.78 bits per heavy atom. The van der Waals surface area contributed by atoms with Gasteiger partial charge >= 0.3 is 22.4 Å². The van der Waals surface area contributed by atoms with Crippen molar-refractivity contribution in [2.45, 2.75) is 6.42 Å². The zero-order valence-electron chi connectivity index (χ0n) is 4.52. The molecule has 0 bridgehead atoms. The van der Waals surface area contributed by atoms with Crippen LogP contribution in [-0.2, 0) is 22.4 Å². The third-order valence-corrected chi connectivity index (χ3v) is 0.586. The zero-order valence-corrected chi connectivity index (χ0v) is 8.99. The molecule has 0 atom stereocenters. The van der Waals surface area contributed by atoms with Crippen LogP contribution in [0.4, 0.5) is 0 Å². The van der Waals surface area contributed by atoms with Gasteiger partial charge in [0.15, 0.2) is 0 Å². The summed E-state index contributed by atoms with van der Waals surface area (Å²) in [5.41, 5.74) is 0. The monoisotopic (exact) mass is 263 g/mol. The standard InChI is InChI=1S/C5H5.3ClH.Nb/c1-2-4-5-3-1;;;;/h1-3H,4H2;3*1H;/q-1;;;;+3/p-3. The molecule has 0 aromatic carbocycles. The molecule has 0 saturated heterocycles. The molecule has 1 aliphatic carbocycles. The first-order valence-corrected chi connectivity index (χ1v) is 1.72. The predicted octanol–water partition coefficient (Wildman–Crippen LogP) is -7.68. The van der Waals surface area contributed by atoms with E-state index in [9.17, 15) is 0 Å². The van der Waals surface area contributed by atoms with Crippen molar-refractivity contribution < 1.29 is 59.6 Å². The predicted molar refractivity (Wildman–Crippen MR) is 21.6 cm³/mol. The van der Waals surface area contributed by atoms with Crippen LogP contribution < -0.4 is 37.2 Å². The molecule has 0 N–H and O–H groups in total. The second-order valence-corrected chi connectivity index (χ2v) is 1.00. The molecule has 0 amide bonds. The van der Waals surface area contributed by atoms with Gasteiger partial charge in [-0.25, -0.2) is 12.2 Å². The van der Waals surface area contributed by atoms with E-state index in [1.54, 1.807) is 0 Å². The van der Waals surface area contributed by atoms with Gasteiger partial charge in [0.05, 0.1) is 0 Å². The Labute approximate surface area is 89.9 Å². The SMILES string of the molecule is [C-]1=CC=CC1.[Cl-].[Cl-].[Cl-].[Nb+3]. The number of allylic oxidation sites excluding steroid dienone is 4. The summed E-state index contributed by atoms with van der Waals surface area (Å²) < 4.78 is 0. The smallest absolute Gasteiger partial charge is 1.00 e. The Kier molecular flexibility index (Phi) is 40.1. The van der Waals surface area contributed by atoms with Gasteiger partial charge < -0.3 is 37.2 Å². The van der Waals surface area contributed by atoms with E-state index in [4.69, 9.17) is 0 Å². The summed E-state index contributed by atoms with van der Waals surface area (Å²) >= 11 is 0. The molecule has 1 aliphatic rings. The molecule has 0 aliphatic heterocycles. The largest absolute Gasteiger partial charge is 3.00 e. The van der Waals surface area contributed by atoms with Crippen molar-refractivity contribution >= 4 is 0 Å². The van der Waals surface area contributed by atoms with Gasteiger partial charge in [-0.1, -0.05) is 0 Å². The van der Waals surface area contributed by atoms with Crippen LogP contribution >= 0.6 is 0 Å². The summed E-state index contributed by atoms with van der Waals surface area (Å²) in [7, 11) is 0. The van der Waals surface area contributed by atoms with Gasteiger partial charge in [0.25, 0.3) is 0 Å². The zero-order chi connectivity index (χ0) is 3.54. The normalized spacial score (nSPS) is 9.78. The fourth-order valence-electron chi connectivity index (χ4n) is 0.340. The van der Waals surface area contributed by atoms with Crippen LogP contribution in [0.25, 0.3) is 0 Å². The van der Waals surface area contributed by atoms with Gasteiger partial charge in [0.1, 0.15) is 0 Å². The Balaban J connectivity index is -0.0000000312. The quantitative estimate of drug-likeness (QED) is 0.301. The Hall–Kier alpha value is 1.09. The van der Waals surface area contributed by atoms with Crippen LogP contribution in [0.5, 0.6) is 0 Å². The van der Waals surface area contributed by atoms with E-state index in [1.807, 2.05) is 12.2 Å². The molecule has 0 aromatic heterocycles. The average Bonchev–Trinajstić information content (AvgIpc) is 1.76. The van der Waals surface area contributed by atoms with Crippen LogP contribution in [0, 0.1) is 6.08 Å². The van der Waals surface area contributed by atoms with Crippen LogP contribution in [0.1, 0.15) is 6.42 Å². The van der Waals surface area contributed by atoms with Crippen molar-refractivity contribution in [3.63, 3.8) is 0 Å². The van der Waals surface area contributed by atoms with Crippen LogP contribution in [0.2, 0.25) is 0 Å². The van der Waals surface area contributed by atoms with E-state index in [0.29, 0.717) is 0 Å². The van der Waals surface area contributed by atoms with E-state index in [1.165, 1.54) is 0 Å². The summed E-state index contributed by atoms with van der Waals surface area (Å²) in [6.45, 7) is 0. The third-order valence-electron chi connectivity index (χ3n) is 0.586. The summed E-state index contributed by atoms with van der Waals surface area (Å²) in [5, 5.41) is 0. The molecule has 4 heteroatoms. The number of halogens is 3. The summed E-state index contributed by atoms with van der Waals surface area (Å²) in [6, 6.07) is 0. The van der Waals surface area contributed by atoms with Crippen molar-refractivity contribution in [1.82, 2.24) is 0 Å². The van der Waals surface area contributed by atoms with Gasteiger partial charge in [-0.3, -0.25) is 6.08 Å². The van der Waals surface area contributed by atoms with Gasteiger partial charge in [0.2, 0.25) is 0 Å². The van der Waals surface area contributed by atoms with E-state index < -0.39 is 0 Å². The van der Waals surface area contributed by atoms with Crippen LogP contribution in [-0.4, -0.2) is 0 Å². The maximum absolute atomic E-state index is 2.99. The summed E-state index contributed by atoms with van der Waals surface area (Å²) in [5.74, 6) is 0. The van der Waals surface area contributed by atoms with E-state index in [-0.39, 0.29) is 59.6 Å². The second kappa shape index (κ2) is 16.0. The molecule has 0 nitrogen and oxygen atoms in total. The van der Waals surface area contributed by atoms with E-state index in [0.717, 1.165) is 6.42 Å². The molecule has 0 unspecified atom stereocenters. The second-order valence-electron chi connectivity index (χ2n) is 1.00. The molecule has 0 saturated carbocycles. The number of hydrogen-bond acceptors (Lipinski definition) is 0. The average molecular weight is 264 g/mol. The van der Waals surface area contributed by atoms with Gasteiger partial charge in [0, 0.05) is 0 Å². The minimum absolute atomic E-state index is 0. The minimum Gasteiger partial charge on any atom is -1.00 e. The Morgan fingerprint density at radius 1 is 1.11 bits per heavy atom. The maximum atomic E-state index is 2.99. The van der Waals surface area contributed by atoms with Crippen LogP contribution in [0.3, 0.4) is 0 Å². The van der Waals surface area contributed by atoms with Crippen molar-refractivity contribution in [3.05, 3.63) is 24.3 Å². The van der Waals surface area contributed by atoms with Gasteiger partial charge in [-0.15, -0.1) is 6.42 Å². The van der Waals surface area contributed by atoms with Crippen molar-refractivity contribution in [1.29, 1.82) is 0 Å². The molecule has 0 aromatic rings. The first kappa shape index (κ1) is 22.5. The molecular formula is C5H5Cl3Nb-. The fourth-order valence-corrected chi connectivity index (χ4v) is 0.340. The molecule has 0 spiro atoms.